The van der Waals surface area contributed by atoms with Crippen LogP contribution in [-0.2, 0) is 16.1 Å². The van der Waals surface area contributed by atoms with E-state index in [2.05, 4.69) is 5.32 Å². The Bertz CT molecular complexity index is 747. The van der Waals surface area contributed by atoms with Crippen molar-refractivity contribution in [3.05, 3.63) is 60.2 Å². The van der Waals surface area contributed by atoms with Crippen molar-refractivity contribution in [1.29, 1.82) is 0 Å². The zero-order valence-electron chi connectivity index (χ0n) is 16.7. The van der Waals surface area contributed by atoms with Crippen LogP contribution in [0, 0.1) is 0 Å². The van der Waals surface area contributed by atoms with Crippen molar-refractivity contribution in [2.75, 3.05) is 20.3 Å². The highest BCUT2D eigenvalue weighted by Crippen LogP contribution is 2.17. The molecule has 150 valence electrons. The lowest BCUT2D eigenvalue weighted by molar-refractivity contribution is -0.142. The van der Waals surface area contributed by atoms with Gasteiger partial charge in [-0.3, -0.25) is 9.59 Å². The van der Waals surface area contributed by atoms with Gasteiger partial charge in [0, 0.05) is 13.1 Å². The lowest BCUT2D eigenvalue weighted by atomic mass is 10.1. The minimum absolute atomic E-state index is 0.148. The molecule has 0 aromatic heterocycles. The molecule has 0 spiro atoms. The summed E-state index contributed by atoms with van der Waals surface area (Å²) in [6.07, 6.45) is 0.839. The molecular formula is C22H28N2O4. The first-order chi connectivity index (χ1) is 13.5. The van der Waals surface area contributed by atoms with Crippen LogP contribution in [0.4, 0.5) is 0 Å². The van der Waals surface area contributed by atoms with Crippen molar-refractivity contribution in [1.82, 2.24) is 10.2 Å². The van der Waals surface area contributed by atoms with E-state index in [4.69, 9.17) is 9.47 Å². The van der Waals surface area contributed by atoms with Gasteiger partial charge in [-0.15, -0.1) is 0 Å². The number of hydrogen-bond acceptors (Lipinski definition) is 4. The molecule has 0 aliphatic carbocycles. The summed E-state index contributed by atoms with van der Waals surface area (Å²) in [6, 6.07) is 16.0. The third-order valence-corrected chi connectivity index (χ3v) is 4.33. The molecule has 0 fully saturated rings. The number of amides is 2. The summed E-state index contributed by atoms with van der Waals surface area (Å²) in [5.41, 5.74) is 0.954. The van der Waals surface area contributed by atoms with E-state index in [9.17, 15) is 9.59 Å². The number of nitrogens with one attached hydrogen (secondary N) is 1. The number of benzene rings is 2. The summed E-state index contributed by atoms with van der Waals surface area (Å²) in [4.78, 5) is 26.8. The summed E-state index contributed by atoms with van der Waals surface area (Å²) in [5, 5.41) is 2.85. The molecule has 0 aliphatic rings. The van der Waals surface area contributed by atoms with Gasteiger partial charge in [0.05, 0.1) is 7.11 Å². The largest absolute Gasteiger partial charge is 0.497 e. The van der Waals surface area contributed by atoms with Crippen LogP contribution in [0.5, 0.6) is 11.5 Å². The smallest absolute Gasteiger partial charge is 0.261 e. The van der Waals surface area contributed by atoms with Crippen molar-refractivity contribution in [3.63, 3.8) is 0 Å². The number of nitrogens with zero attached hydrogens (tertiary/aromatic N) is 1. The highest BCUT2D eigenvalue weighted by Gasteiger charge is 2.26. The van der Waals surface area contributed by atoms with E-state index < -0.39 is 6.04 Å². The van der Waals surface area contributed by atoms with Gasteiger partial charge < -0.3 is 19.7 Å². The van der Waals surface area contributed by atoms with Gasteiger partial charge in [0.2, 0.25) is 5.91 Å². The lowest BCUT2D eigenvalue weighted by Gasteiger charge is -2.28. The Morgan fingerprint density at radius 1 is 1.04 bits per heavy atom. The Morgan fingerprint density at radius 2 is 1.68 bits per heavy atom. The molecule has 0 saturated heterocycles. The van der Waals surface area contributed by atoms with Crippen LogP contribution in [-0.4, -0.2) is 43.0 Å². The zero-order valence-corrected chi connectivity index (χ0v) is 16.7. The number of rotatable bonds is 10. The van der Waals surface area contributed by atoms with Gasteiger partial charge in [-0.05, 0) is 43.2 Å². The van der Waals surface area contributed by atoms with E-state index >= 15 is 0 Å². The maximum atomic E-state index is 12.9. The topological polar surface area (TPSA) is 67.9 Å². The summed E-state index contributed by atoms with van der Waals surface area (Å²) in [5.74, 6) is 0.858. The molecule has 0 aliphatic heterocycles. The quantitative estimate of drug-likeness (QED) is 0.684. The van der Waals surface area contributed by atoms with Crippen molar-refractivity contribution in [2.45, 2.75) is 32.9 Å². The maximum Gasteiger partial charge on any atom is 0.261 e. The van der Waals surface area contributed by atoms with Crippen LogP contribution < -0.4 is 14.8 Å². The van der Waals surface area contributed by atoms with Crippen LogP contribution in [0.1, 0.15) is 25.8 Å². The van der Waals surface area contributed by atoms with E-state index in [0.29, 0.717) is 24.6 Å². The van der Waals surface area contributed by atoms with Crippen LogP contribution in [0.2, 0.25) is 0 Å². The second kappa shape index (κ2) is 11.0. The molecule has 28 heavy (non-hydrogen) atoms. The molecular weight excluding hydrogens is 356 g/mol. The third-order valence-electron chi connectivity index (χ3n) is 4.33. The Morgan fingerprint density at radius 3 is 2.29 bits per heavy atom. The first-order valence-electron chi connectivity index (χ1n) is 9.43. The van der Waals surface area contributed by atoms with E-state index in [1.165, 1.54) is 0 Å². The molecule has 0 saturated carbocycles. The number of ether oxygens (including phenoxy) is 2. The second-order valence-electron chi connectivity index (χ2n) is 6.44. The summed E-state index contributed by atoms with van der Waals surface area (Å²) < 4.78 is 10.7. The van der Waals surface area contributed by atoms with Gasteiger partial charge in [0.1, 0.15) is 17.5 Å². The third kappa shape index (κ3) is 6.30. The summed E-state index contributed by atoms with van der Waals surface area (Å²) in [6.45, 7) is 4.50. The zero-order chi connectivity index (χ0) is 20.4. The van der Waals surface area contributed by atoms with Gasteiger partial charge in [-0.2, -0.15) is 0 Å². The number of carbonyl (C=O) groups excluding carboxylic acids is 2. The molecule has 0 bridgehead atoms. The molecule has 0 radical (unpaired) electrons. The Hall–Kier alpha value is -3.02. The van der Waals surface area contributed by atoms with Crippen LogP contribution in [0.25, 0.3) is 0 Å². The highest BCUT2D eigenvalue weighted by atomic mass is 16.5. The monoisotopic (exact) mass is 384 g/mol. The highest BCUT2D eigenvalue weighted by molar-refractivity contribution is 5.87. The molecule has 0 heterocycles. The summed E-state index contributed by atoms with van der Waals surface area (Å²) >= 11 is 0. The molecule has 6 nitrogen and oxygen atoms in total. The van der Waals surface area contributed by atoms with Crippen LogP contribution in [0.3, 0.4) is 0 Å². The normalized spacial score (nSPS) is 11.4. The number of methoxy groups -OCH3 is 1. The molecule has 1 atom stereocenters. The van der Waals surface area contributed by atoms with Crippen LogP contribution >= 0.6 is 0 Å². The van der Waals surface area contributed by atoms with Gasteiger partial charge >= 0.3 is 0 Å². The fourth-order valence-electron chi connectivity index (χ4n) is 2.66. The van der Waals surface area contributed by atoms with Gasteiger partial charge in [-0.1, -0.05) is 37.3 Å². The molecule has 2 rings (SSSR count). The fraction of sp³-hybridized carbons (Fsp3) is 0.364. The van der Waals surface area contributed by atoms with Crippen LogP contribution in [0.15, 0.2) is 54.6 Å². The number of hydrogen-bond donors (Lipinski definition) is 1. The molecule has 1 N–H and O–H groups in total. The SMILES string of the molecule is CCCNC(=O)C(C)N(Cc1ccccc1)C(=O)COc1ccc(OC)cc1. The molecule has 2 amide bonds. The Kier molecular flexibility index (Phi) is 8.34. The van der Waals surface area contributed by atoms with Crippen molar-refractivity contribution >= 4 is 11.8 Å². The van der Waals surface area contributed by atoms with Crippen molar-refractivity contribution in [3.8, 4) is 11.5 Å². The molecule has 6 heteroatoms. The average Bonchev–Trinajstić information content (AvgIpc) is 2.74. The Labute approximate surface area is 166 Å². The fourth-order valence-corrected chi connectivity index (χ4v) is 2.66. The minimum Gasteiger partial charge on any atom is -0.497 e. The van der Waals surface area contributed by atoms with E-state index in [-0.39, 0.29) is 18.4 Å². The maximum absolute atomic E-state index is 12.9. The lowest BCUT2D eigenvalue weighted by Crippen LogP contribution is -2.49. The van der Waals surface area contributed by atoms with E-state index in [0.717, 1.165) is 12.0 Å². The minimum atomic E-state index is -0.598. The predicted octanol–water partition coefficient (Wildman–Crippen LogP) is 3.02. The first-order valence-corrected chi connectivity index (χ1v) is 9.43. The second-order valence-corrected chi connectivity index (χ2v) is 6.44. The first kappa shape index (κ1) is 21.3. The van der Waals surface area contributed by atoms with E-state index in [1.807, 2.05) is 37.3 Å². The molecule has 1 unspecified atom stereocenters. The van der Waals surface area contributed by atoms with Gasteiger partial charge in [0.25, 0.3) is 5.91 Å². The summed E-state index contributed by atoms with van der Waals surface area (Å²) in [7, 11) is 1.59. The van der Waals surface area contributed by atoms with Crippen molar-refractivity contribution in [2.24, 2.45) is 0 Å². The Balaban J connectivity index is 2.07. The van der Waals surface area contributed by atoms with Crippen molar-refractivity contribution < 1.29 is 19.1 Å². The predicted molar refractivity (Wildman–Crippen MR) is 108 cm³/mol. The average molecular weight is 384 g/mol. The number of carbonyl (C=O) groups is 2. The molecule has 2 aromatic carbocycles. The van der Waals surface area contributed by atoms with Gasteiger partial charge in [-0.25, -0.2) is 0 Å². The van der Waals surface area contributed by atoms with Gasteiger partial charge in [0.15, 0.2) is 6.61 Å². The molecule has 2 aromatic rings. The standard InChI is InChI=1S/C22H28N2O4/c1-4-14-23-22(26)17(2)24(15-18-8-6-5-7-9-18)21(25)16-28-20-12-10-19(27-3)11-13-20/h5-13,17H,4,14-16H2,1-3H3,(H,23,26). The van der Waals surface area contributed by atoms with E-state index in [1.54, 1.807) is 43.2 Å².